The van der Waals surface area contributed by atoms with E-state index in [1.165, 1.54) is 50.5 Å². The summed E-state index contributed by atoms with van der Waals surface area (Å²) in [4.78, 5) is 0.0445. The maximum atomic E-state index is 11.9. The van der Waals surface area contributed by atoms with Crippen molar-refractivity contribution in [3.63, 3.8) is 0 Å². The van der Waals surface area contributed by atoms with Crippen LogP contribution in [0.4, 0.5) is 0 Å². The number of rotatable bonds is 13. The minimum atomic E-state index is -4.23. The van der Waals surface area contributed by atoms with Crippen LogP contribution in [-0.4, -0.2) is 13.0 Å². The van der Waals surface area contributed by atoms with E-state index in [9.17, 15) is 13.0 Å². The Hall–Kier alpha value is -1.39. The van der Waals surface area contributed by atoms with Gasteiger partial charge in [-0.1, -0.05) is 89.5 Å². The van der Waals surface area contributed by atoms with Crippen molar-refractivity contribution >= 4 is 20.9 Å². The third-order valence-electron chi connectivity index (χ3n) is 5.45. The number of fused-ring (bicyclic) bond motifs is 1. The highest BCUT2D eigenvalue weighted by Crippen LogP contribution is 2.28. The molecular weight excluding hydrogens is 368 g/mol. The molecule has 0 fully saturated rings. The second kappa shape index (κ2) is 11.6. The van der Waals surface area contributed by atoms with Gasteiger partial charge in [0.25, 0.3) is 10.1 Å². The van der Waals surface area contributed by atoms with Gasteiger partial charge in [-0.25, -0.2) is 0 Å². The number of hydrogen-bond donors (Lipinski definition) is 1. The van der Waals surface area contributed by atoms with E-state index in [-0.39, 0.29) is 4.90 Å². The molecule has 0 aromatic heterocycles. The SMILES string of the molecule is CCCCCCCc1ccc2c(S(=O)(=O)O)cc(CCCCCCC)cc2c1. The third-order valence-corrected chi connectivity index (χ3v) is 6.35. The van der Waals surface area contributed by atoms with E-state index in [1.54, 1.807) is 6.07 Å². The summed E-state index contributed by atoms with van der Waals surface area (Å²) in [6.07, 6.45) is 14.0. The van der Waals surface area contributed by atoms with Gasteiger partial charge in [-0.05, 0) is 48.3 Å². The van der Waals surface area contributed by atoms with E-state index in [0.29, 0.717) is 5.39 Å². The lowest BCUT2D eigenvalue weighted by Crippen LogP contribution is -2.01. The molecule has 0 bridgehead atoms. The molecule has 3 nitrogen and oxygen atoms in total. The smallest absolute Gasteiger partial charge is 0.282 e. The molecule has 0 aliphatic heterocycles. The first-order chi connectivity index (χ1) is 13.5. The maximum Gasteiger partial charge on any atom is 0.295 e. The fraction of sp³-hybridized carbons (Fsp3) is 0.583. The number of benzene rings is 2. The zero-order valence-electron chi connectivity index (χ0n) is 17.5. The average Bonchev–Trinajstić information content (AvgIpc) is 2.66. The van der Waals surface area contributed by atoms with Gasteiger partial charge in [0.1, 0.15) is 4.90 Å². The summed E-state index contributed by atoms with van der Waals surface area (Å²) in [7, 11) is -4.23. The first kappa shape index (κ1) is 22.9. The van der Waals surface area contributed by atoms with E-state index in [4.69, 9.17) is 0 Å². The van der Waals surface area contributed by atoms with Crippen LogP contribution in [0.25, 0.3) is 10.8 Å². The molecule has 0 aliphatic rings. The molecule has 0 atom stereocenters. The normalized spacial score (nSPS) is 12.0. The highest BCUT2D eigenvalue weighted by atomic mass is 32.2. The molecule has 0 amide bonds. The molecule has 4 heteroatoms. The van der Waals surface area contributed by atoms with Crippen molar-refractivity contribution in [1.82, 2.24) is 0 Å². The van der Waals surface area contributed by atoms with Crippen LogP contribution in [0.15, 0.2) is 35.2 Å². The summed E-state index contributed by atoms with van der Waals surface area (Å²) >= 11 is 0. The van der Waals surface area contributed by atoms with Crippen LogP contribution in [0.2, 0.25) is 0 Å². The van der Waals surface area contributed by atoms with Crippen molar-refractivity contribution in [2.75, 3.05) is 0 Å². The van der Waals surface area contributed by atoms with E-state index in [2.05, 4.69) is 26.0 Å². The standard InChI is InChI=1S/C24H36O3S/c1-3-5-7-9-11-13-20-15-16-23-22(17-20)18-21(14-12-10-8-6-4-2)19-24(23)28(25,26)27/h15-19H,3-14H2,1-2H3,(H,25,26,27). The maximum absolute atomic E-state index is 11.9. The predicted octanol–water partition coefficient (Wildman–Crippen LogP) is 7.11. The molecule has 0 spiro atoms. The molecule has 156 valence electrons. The van der Waals surface area contributed by atoms with Gasteiger partial charge in [0, 0.05) is 5.39 Å². The highest BCUT2D eigenvalue weighted by Gasteiger charge is 2.16. The Morgan fingerprint density at radius 3 is 1.82 bits per heavy atom. The molecular formula is C24H36O3S. The lowest BCUT2D eigenvalue weighted by atomic mass is 9.98. The molecule has 0 aliphatic carbocycles. The van der Waals surface area contributed by atoms with Crippen molar-refractivity contribution in [3.05, 3.63) is 41.5 Å². The van der Waals surface area contributed by atoms with Gasteiger partial charge in [0.05, 0.1) is 0 Å². The van der Waals surface area contributed by atoms with Gasteiger partial charge < -0.3 is 0 Å². The van der Waals surface area contributed by atoms with E-state index in [0.717, 1.165) is 43.1 Å². The largest absolute Gasteiger partial charge is 0.295 e. The van der Waals surface area contributed by atoms with Gasteiger partial charge >= 0.3 is 0 Å². The van der Waals surface area contributed by atoms with Crippen molar-refractivity contribution in [3.8, 4) is 0 Å². The van der Waals surface area contributed by atoms with Crippen LogP contribution < -0.4 is 0 Å². The van der Waals surface area contributed by atoms with Crippen LogP contribution >= 0.6 is 0 Å². The Bertz CT molecular complexity index is 835. The Labute approximate surface area is 171 Å². The van der Waals surface area contributed by atoms with Crippen molar-refractivity contribution in [1.29, 1.82) is 0 Å². The van der Waals surface area contributed by atoms with Crippen LogP contribution in [-0.2, 0) is 23.0 Å². The summed E-state index contributed by atoms with van der Waals surface area (Å²) < 4.78 is 33.6. The van der Waals surface area contributed by atoms with Crippen molar-refractivity contribution in [2.24, 2.45) is 0 Å². The fourth-order valence-electron chi connectivity index (χ4n) is 3.82. The van der Waals surface area contributed by atoms with E-state index < -0.39 is 10.1 Å². The molecule has 2 aromatic carbocycles. The fourth-order valence-corrected chi connectivity index (χ4v) is 4.59. The van der Waals surface area contributed by atoms with Gasteiger partial charge in [-0.2, -0.15) is 8.42 Å². The van der Waals surface area contributed by atoms with Crippen LogP contribution in [0.1, 0.15) is 89.2 Å². The Kier molecular flexibility index (Phi) is 9.46. The molecule has 0 unspecified atom stereocenters. The summed E-state index contributed by atoms with van der Waals surface area (Å²) in [6.45, 7) is 4.42. The van der Waals surface area contributed by atoms with Gasteiger partial charge in [0.15, 0.2) is 0 Å². The number of unbranched alkanes of at least 4 members (excludes halogenated alkanes) is 8. The molecule has 0 saturated heterocycles. The second-order valence-corrected chi connectivity index (χ2v) is 9.34. The Balaban J connectivity index is 2.18. The molecule has 0 radical (unpaired) electrons. The topological polar surface area (TPSA) is 54.4 Å². The average molecular weight is 405 g/mol. The third kappa shape index (κ3) is 7.21. The second-order valence-electron chi connectivity index (χ2n) is 7.95. The Morgan fingerprint density at radius 1 is 0.714 bits per heavy atom. The molecule has 0 heterocycles. The summed E-state index contributed by atoms with van der Waals surface area (Å²) in [5, 5.41) is 1.54. The minimum Gasteiger partial charge on any atom is -0.282 e. The number of aryl methyl sites for hydroxylation is 2. The highest BCUT2D eigenvalue weighted by molar-refractivity contribution is 7.86. The van der Waals surface area contributed by atoms with E-state index in [1.807, 2.05) is 12.1 Å². The van der Waals surface area contributed by atoms with Crippen LogP contribution in [0.3, 0.4) is 0 Å². The molecule has 1 N–H and O–H groups in total. The summed E-state index contributed by atoms with van der Waals surface area (Å²) in [5.41, 5.74) is 2.24. The summed E-state index contributed by atoms with van der Waals surface area (Å²) in [6, 6.07) is 9.71. The zero-order valence-corrected chi connectivity index (χ0v) is 18.4. The van der Waals surface area contributed by atoms with Gasteiger partial charge in [-0.15, -0.1) is 0 Å². The quantitative estimate of drug-likeness (QED) is 0.286. The van der Waals surface area contributed by atoms with Crippen LogP contribution in [0, 0.1) is 0 Å². The predicted molar refractivity (Wildman–Crippen MR) is 119 cm³/mol. The van der Waals surface area contributed by atoms with E-state index >= 15 is 0 Å². The van der Waals surface area contributed by atoms with Gasteiger partial charge in [0.2, 0.25) is 0 Å². The monoisotopic (exact) mass is 404 g/mol. The lowest BCUT2D eigenvalue weighted by Gasteiger charge is -2.11. The first-order valence-corrected chi connectivity index (χ1v) is 12.4. The first-order valence-electron chi connectivity index (χ1n) is 11.0. The lowest BCUT2D eigenvalue weighted by molar-refractivity contribution is 0.484. The zero-order chi connectivity index (χ0) is 20.4. The molecule has 0 saturated carbocycles. The molecule has 28 heavy (non-hydrogen) atoms. The molecule has 2 rings (SSSR count). The number of hydrogen-bond acceptors (Lipinski definition) is 2. The van der Waals surface area contributed by atoms with Crippen molar-refractivity contribution < 1.29 is 13.0 Å². The Morgan fingerprint density at radius 2 is 1.25 bits per heavy atom. The minimum absolute atomic E-state index is 0.0445. The van der Waals surface area contributed by atoms with Crippen LogP contribution in [0.5, 0.6) is 0 Å². The molecule has 2 aromatic rings. The van der Waals surface area contributed by atoms with Gasteiger partial charge in [-0.3, -0.25) is 4.55 Å². The van der Waals surface area contributed by atoms with Crippen molar-refractivity contribution in [2.45, 2.75) is 95.8 Å². The summed E-state index contributed by atoms with van der Waals surface area (Å²) in [5.74, 6) is 0.